The maximum atomic E-state index is 12.8. The van der Waals surface area contributed by atoms with Crippen LogP contribution in [0, 0.1) is 5.92 Å². The molecule has 2 aromatic carbocycles. The number of carbonyl (C=O) groups is 2. The van der Waals surface area contributed by atoms with Crippen LogP contribution in [0.5, 0.6) is 5.75 Å². The number of fused-ring (bicyclic) bond motifs is 3. The summed E-state index contributed by atoms with van der Waals surface area (Å²) >= 11 is 0. The number of Topliss-reactive ketones (excluding diaryl/α,β-unsaturated/α-hetero) is 2. The lowest BCUT2D eigenvalue weighted by molar-refractivity contribution is 0.0815. The molecule has 0 N–H and O–H groups in total. The van der Waals surface area contributed by atoms with E-state index in [4.69, 9.17) is 9.16 Å². The summed E-state index contributed by atoms with van der Waals surface area (Å²) in [5.74, 6) is 0.514. The van der Waals surface area contributed by atoms with Crippen LogP contribution in [-0.2, 0) is 10.8 Å². The average molecular weight is 465 g/mol. The van der Waals surface area contributed by atoms with Gasteiger partial charge in [0.05, 0.1) is 12.2 Å². The molecule has 4 rings (SSSR count). The maximum absolute atomic E-state index is 12.8. The van der Waals surface area contributed by atoms with Gasteiger partial charge in [0.2, 0.25) is 11.6 Å². The molecular formula is C28H36O4Si. The highest BCUT2D eigenvalue weighted by molar-refractivity contribution is 6.74. The Kier molecular flexibility index (Phi) is 5.94. The topological polar surface area (TPSA) is 52.6 Å². The molecular weight excluding hydrogens is 428 g/mol. The predicted octanol–water partition coefficient (Wildman–Crippen LogP) is 6.86. The molecule has 0 radical (unpaired) electrons. The van der Waals surface area contributed by atoms with Crippen LogP contribution >= 0.6 is 0 Å². The summed E-state index contributed by atoms with van der Waals surface area (Å²) in [6, 6.07) is 11.3. The third-order valence-corrected chi connectivity index (χ3v) is 11.9. The van der Waals surface area contributed by atoms with E-state index >= 15 is 0 Å². The number of rotatable bonds is 7. The second kappa shape index (κ2) is 8.21. The highest BCUT2D eigenvalue weighted by Gasteiger charge is 2.41. The Balaban J connectivity index is 1.65. The zero-order valence-electron chi connectivity index (χ0n) is 21.0. The lowest BCUT2D eigenvalue weighted by Gasteiger charge is -2.43. The Morgan fingerprint density at radius 2 is 1.42 bits per heavy atom. The van der Waals surface area contributed by atoms with Crippen molar-refractivity contribution >= 4 is 19.9 Å². The van der Waals surface area contributed by atoms with Gasteiger partial charge < -0.3 is 9.16 Å². The molecule has 0 aromatic heterocycles. The summed E-state index contributed by atoms with van der Waals surface area (Å²) in [4.78, 5) is 25.5. The molecule has 33 heavy (non-hydrogen) atoms. The van der Waals surface area contributed by atoms with Gasteiger partial charge in [0.15, 0.2) is 8.32 Å². The van der Waals surface area contributed by atoms with Crippen molar-refractivity contribution in [1.29, 1.82) is 0 Å². The first kappa shape index (κ1) is 23.9. The lowest BCUT2D eigenvalue weighted by atomic mass is 9.82. The fraction of sp³-hybridized carbons (Fsp3) is 0.500. The Hall–Kier alpha value is -2.24. The van der Waals surface area contributed by atoms with Crippen molar-refractivity contribution in [2.75, 3.05) is 6.61 Å². The molecule has 0 spiro atoms. The van der Waals surface area contributed by atoms with E-state index in [1.807, 2.05) is 12.1 Å². The van der Waals surface area contributed by atoms with Crippen molar-refractivity contribution in [3.8, 4) is 16.9 Å². The fourth-order valence-electron chi connectivity index (χ4n) is 4.27. The van der Waals surface area contributed by atoms with Crippen LogP contribution in [0.15, 0.2) is 36.4 Å². The van der Waals surface area contributed by atoms with Gasteiger partial charge in [-0.1, -0.05) is 39.0 Å². The minimum Gasteiger partial charge on any atom is -0.493 e. The standard InChI is InChI=1S/C28H36O4Si/c1-27(2,3)33(6,7)32-28(4,5)16-19-10-12-21-23(14-19)24-15-20(31-17-18-8-9-18)11-13-22(24)26(30)25(21)29/h10-15,18H,8-9,16-17H2,1-7H3. The van der Waals surface area contributed by atoms with Gasteiger partial charge in [0.1, 0.15) is 5.75 Å². The van der Waals surface area contributed by atoms with E-state index in [9.17, 15) is 9.59 Å². The quantitative estimate of drug-likeness (QED) is 0.332. The molecule has 1 saturated carbocycles. The summed E-state index contributed by atoms with van der Waals surface area (Å²) < 4.78 is 12.7. The molecule has 5 heteroatoms. The number of hydrogen-bond donors (Lipinski definition) is 0. The van der Waals surface area contributed by atoms with Crippen LogP contribution in [0.1, 0.15) is 73.7 Å². The Labute approximate surface area is 198 Å². The van der Waals surface area contributed by atoms with E-state index in [1.54, 1.807) is 18.2 Å². The predicted molar refractivity (Wildman–Crippen MR) is 135 cm³/mol. The number of benzene rings is 2. The molecule has 176 valence electrons. The van der Waals surface area contributed by atoms with E-state index in [-0.39, 0.29) is 10.6 Å². The molecule has 0 heterocycles. The molecule has 4 nitrogen and oxygen atoms in total. The number of hydrogen-bond acceptors (Lipinski definition) is 4. The molecule has 0 aliphatic heterocycles. The number of ketones is 2. The van der Waals surface area contributed by atoms with Gasteiger partial charge in [-0.25, -0.2) is 0 Å². The van der Waals surface area contributed by atoms with Gasteiger partial charge in [0, 0.05) is 11.1 Å². The van der Waals surface area contributed by atoms with Gasteiger partial charge in [-0.05, 0) is 92.0 Å². The van der Waals surface area contributed by atoms with E-state index in [2.05, 4.69) is 53.8 Å². The Morgan fingerprint density at radius 3 is 2.00 bits per heavy atom. The van der Waals surface area contributed by atoms with Gasteiger partial charge in [-0.15, -0.1) is 0 Å². The second-order valence-corrected chi connectivity index (χ2v) is 16.5. The van der Waals surface area contributed by atoms with Gasteiger partial charge in [0.25, 0.3) is 0 Å². The average Bonchev–Trinajstić information content (AvgIpc) is 3.53. The smallest absolute Gasteiger partial charge is 0.234 e. The SMILES string of the molecule is CC(C)(Cc1ccc2c(c1)-c1cc(OCC3CC3)ccc1C(=O)C2=O)O[Si](C)(C)C(C)(C)C. The normalized spacial score (nSPS) is 16.5. The molecule has 1 fully saturated rings. The van der Waals surface area contributed by atoms with Gasteiger partial charge in [-0.2, -0.15) is 0 Å². The third-order valence-electron chi connectivity index (χ3n) is 7.21. The highest BCUT2D eigenvalue weighted by Crippen LogP contribution is 2.41. The van der Waals surface area contributed by atoms with Crippen molar-refractivity contribution < 1.29 is 18.8 Å². The molecule has 2 aromatic rings. The first-order valence-corrected chi connectivity index (χ1v) is 14.9. The molecule has 2 aliphatic rings. The summed E-state index contributed by atoms with van der Waals surface area (Å²) in [5.41, 5.74) is 3.28. The van der Waals surface area contributed by atoms with Crippen LogP contribution in [0.4, 0.5) is 0 Å². The summed E-state index contributed by atoms with van der Waals surface area (Å²) in [6.07, 6.45) is 3.16. The van der Waals surface area contributed by atoms with Crippen molar-refractivity contribution in [3.63, 3.8) is 0 Å². The van der Waals surface area contributed by atoms with E-state index < -0.39 is 19.9 Å². The van der Waals surface area contributed by atoms with Crippen molar-refractivity contribution in [2.24, 2.45) is 5.92 Å². The second-order valence-electron chi connectivity index (χ2n) is 11.8. The molecule has 0 saturated heterocycles. The Morgan fingerprint density at radius 1 is 0.848 bits per heavy atom. The zero-order valence-corrected chi connectivity index (χ0v) is 22.0. The van der Waals surface area contributed by atoms with E-state index in [1.165, 1.54) is 12.8 Å². The Bertz CT molecular complexity index is 1100. The molecule has 0 atom stereocenters. The summed E-state index contributed by atoms with van der Waals surface area (Å²) in [5, 5.41) is 0.128. The molecule has 0 amide bonds. The molecule has 2 aliphatic carbocycles. The third kappa shape index (κ3) is 4.99. The summed E-state index contributed by atoms with van der Waals surface area (Å²) in [7, 11) is -1.94. The van der Waals surface area contributed by atoms with Crippen molar-refractivity contribution in [2.45, 2.75) is 77.6 Å². The van der Waals surface area contributed by atoms with Gasteiger partial charge >= 0.3 is 0 Å². The van der Waals surface area contributed by atoms with E-state index in [0.29, 0.717) is 23.7 Å². The highest BCUT2D eigenvalue weighted by atomic mass is 28.4. The fourth-order valence-corrected chi connectivity index (χ4v) is 6.03. The van der Waals surface area contributed by atoms with Crippen LogP contribution in [-0.4, -0.2) is 32.1 Å². The summed E-state index contributed by atoms with van der Waals surface area (Å²) in [6.45, 7) is 16.3. The monoisotopic (exact) mass is 464 g/mol. The van der Waals surface area contributed by atoms with Crippen LogP contribution < -0.4 is 4.74 Å². The van der Waals surface area contributed by atoms with Crippen LogP contribution in [0.3, 0.4) is 0 Å². The van der Waals surface area contributed by atoms with Crippen LogP contribution in [0.2, 0.25) is 18.1 Å². The minimum absolute atomic E-state index is 0.128. The van der Waals surface area contributed by atoms with E-state index in [0.717, 1.165) is 28.9 Å². The largest absolute Gasteiger partial charge is 0.493 e. The van der Waals surface area contributed by atoms with Crippen LogP contribution in [0.25, 0.3) is 11.1 Å². The van der Waals surface area contributed by atoms with Gasteiger partial charge in [-0.3, -0.25) is 9.59 Å². The first-order valence-electron chi connectivity index (χ1n) is 12.0. The molecule has 0 bridgehead atoms. The number of carbonyl (C=O) groups excluding carboxylic acids is 2. The first-order chi connectivity index (χ1) is 15.3. The maximum Gasteiger partial charge on any atom is 0.234 e. The lowest BCUT2D eigenvalue weighted by Crippen LogP contribution is -2.48. The molecule has 0 unspecified atom stereocenters. The van der Waals surface area contributed by atoms with Crippen molar-refractivity contribution in [1.82, 2.24) is 0 Å². The zero-order chi connectivity index (χ0) is 24.2. The van der Waals surface area contributed by atoms with Crippen molar-refractivity contribution in [3.05, 3.63) is 53.1 Å². The minimum atomic E-state index is -1.94. The number of ether oxygens (including phenoxy) is 1.